The molecule has 0 atom stereocenters. The molecule has 1 heterocycles. The third-order valence-corrected chi connectivity index (χ3v) is 2.01. The topological polar surface area (TPSA) is 16.1 Å². The van der Waals surface area contributed by atoms with Gasteiger partial charge in [0.15, 0.2) is 0 Å². The van der Waals surface area contributed by atoms with Crippen molar-refractivity contribution in [1.29, 1.82) is 0 Å². The van der Waals surface area contributed by atoms with E-state index in [1.54, 1.807) is 6.20 Å². The highest BCUT2D eigenvalue weighted by Gasteiger charge is 2.02. The first kappa shape index (κ1) is 8.81. The zero-order valence-corrected chi connectivity index (χ0v) is 8.65. The van der Waals surface area contributed by atoms with Crippen LogP contribution in [0.25, 0.3) is 0 Å². The van der Waals surface area contributed by atoms with Gasteiger partial charge in [-0.25, -0.2) is 4.98 Å². The normalized spacial score (nSPS) is 9.82. The van der Waals surface area contributed by atoms with Crippen LogP contribution in [-0.4, -0.2) is 19.1 Å². The van der Waals surface area contributed by atoms with E-state index in [1.807, 2.05) is 25.1 Å². The molecule has 0 N–H and O–H groups in total. The van der Waals surface area contributed by atoms with Gasteiger partial charge < -0.3 is 4.90 Å². The van der Waals surface area contributed by atoms with E-state index < -0.39 is 0 Å². The minimum Gasteiger partial charge on any atom is -0.376 e. The number of hydrogen-bond donors (Lipinski definition) is 0. The van der Waals surface area contributed by atoms with E-state index in [0.29, 0.717) is 5.02 Å². The van der Waals surface area contributed by atoms with Crippen molar-refractivity contribution in [2.24, 2.45) is 0 Å². The minimum atomic E-state index is 0.665. The lowest BCUT2D eigenvalue weighted by Gasteiger charge is -2.13. The molecule has 0 radical (unpaired) electrons. The second-order valence-corrected chi connectivity index (χ2v) is 3.57. The lowest BCUT2D eigenvalue weighted by atomic mass is 10.4. The van der Waals surface area contributed by atoms with E-state index in [2.05, 4.69) is 20.9 Å². The fourth-order valence-corrected chi connectivity index (χ4v) is 1.34. The van der Waals surface area contributed by atoms with Gasteiger partial charge in [0, 0.05) is 20.3 Å². The highest BCUT2D eigenvalue weighted by atomic mass is 79.9. The quantitative estimate of drug-likeness (QED) is 0.696. The molecule has 2 nitrogen and oxygen atoms in total. The lowest BCUT2D eigenvalue weighted by molar-refractivity contribution is 1.11. The van der Waals surface area contributed by atoms with Crippen LogP contribution >= 0.6 is 27.5 Å². The third kappa shape index (κ3) is 2.07. The molecule has 0 saturated carbocycles. The zero-order valence-electron chi connectivity index (χ0n) is 6.31. The standard InChI is InChI=1S/C7H8BrClN2/c1-11(2)6-3-7(8)10-4-5(6)9/h3-4H,1-2H3. The average molecular weight is 236 g/mol. The molecule has 1 aromatic rings. The van der Waals surface area contributed by atoms with E-state index in [9.17, 15) is 0 Å². The Morgan fingerprint density at radius 2 is 2.18 bits per heavy atom. The van der Waals surface area contributed by atoms with Gasteiger partial charge in [0.05, 0.1) is 10.7 Å². The van der Waals surface area contributed by atoms with Crippen LogP contribution in [0.4, 0.5) is 5.69 Å². The molecule has 1 rings (SSSR count). The van der Waals surface area contributed by atoms with Gasteiger partial charge in [0.1, 0.15) is 4.60 Å². The molecule has 0 spiro atoms. The summed E-state index contributed by atoms with van der Waals surface area (Å²) in [6.45, 7) is 0. The first-order chi connectivity index (χ1) is 5.11. The molecule has 0 saturated heterocycles. The fraction of sp³-hybridized carbons (Fsp3) is 0.286. The number of halogens is 2. The van der Waals surface area contributed by atoms with Gasteiger partial charge in [-0.2, -0.15) is 0 Å². The van der Waals surface area contributed by atoms with Gasteiger partial charge in [-0.3, -0.25) is 0 Å². The Hall–Kier alpha value is -0.280. The molecule has 1 aromatic heterocycles. The minimum absolute atomic E-state index is 0.665. The molecule has 60 valence electrons. The molecule has 0 aliphatic carbocycles. The second-order valence-electron chi connectivity index (χ2n) is 2.35. The molecular weight excluding hydrogens is 227 g/mol. The van der Waals surface area contributed by atoms with Crippen molar-refractivity contribution in [2.75, 3.05) is 19.0 Å². The molecule has 4 heteroatoms. The Bertz CT molecular complexity index is 263. The van der Waals surface area contributed by atoms with E-state index in [-0.39, 0.29) is 0 Å². The highest BCUT2D eigenvalue weighted by Crippen LogP contribution is 2.25. The van der Waals surface area contributed by atoms with Crippen molar-refractivity contribution in [3.05, 3.63) is 21.9 Å². The Labute approximate surface area is 79.3 Å². The maximum Gasteiger partial charge on any atom is 0.108 e. The SMILES string of the molecule is CN(C)c1cc(Br)ncc1Cl. The number of pyridine rings is 1. The third-order valence-electron chi connectivity index (χ3n) is 1.28. The number of aromatic nitrogens is 1. The summed E-state index contributed by atoms with van der Waals surface area (Å²) in [4.78, 5) is 5.92. The molecule has 0 aliphatic heterocycles. The van der Waals surface area contributed by atoms with Gasteiger partial charge in [-0.05, 0) is 22.0 Å². The highest BCUT2D eigenvalue weighted by molar-refractivity contribution is 9.10. The van der Waals surface area contributed by atoms with E-state index >= 15 is 0 Å². The number of rotatable bonds is 1. The van der Waals surface area contributed by atoms with Crippen molar-refractivity contribution < 1.29 is 0 Å². The van der Waals surface area contributed by atoms with Gasteiger partial charge in [-0.1, -0.05) is 11.6 Å². The smallest absolute Gasteiger partial charge is 0.108 e. The van der Waals surface area contributed by atoms with Crippen LogP contribution in [0, 0.1) is 0 Å². The van der Waals surface area contributed by atoms with Gasteiger partial charge in [0.25, 0.3) is 0 Å². The summed E-state index contributed by atoms with van der Waals surface area (Å²) in [7, 11) is 3.88. The van der Waals surface area contributed by atoms with E-state index in [1.165, 1.54) is 0 Å². The molecule has 11 heavy (non-hydrogen) atoms. The van der Waals surface area contributed by atoms with Crippen molar-refractivity contribution in [3.63, 3.8) is 0 Å². The molecule has 0 bridgehead atoms. The summed E-state index contributed by atoms with van der Waals surface area (Å²) in [5.41, 5.74) is 0.966. The van der Waals surface area contributed by atoms with Gasteiger partial charge in [-0.15, -0.1) is 0 Å². The monoisotopic (exact) mass is 234 g/mol. The molecule has 0 fully saturated rings. The Morgan fingerprint density at radius 3 is 2.64 bits per heavy atom. The number of anilines is 1. The van der Waals surface area contributed by atoms with Crippen LogP contribution in [-0.2, 0) is 0 Å². The Balaban J connectivity index is 3.13. The van der Waals surface area contributed by atoms with Crippen LogP contribution in [0.15, 0.2) is 16.9 Å². The summed E-state index contributed by atoms with van der Waals surface area (Å²) in [5, 5.41) is 0.665. The lowest BCUT2D eigenvalue weighted by Crippen LogP contribution is -2.09. The fourth-order valence-electron chi connectivity index (χ4n) is 0.746. The first-order valence-electron chi connectivity index (χ1n) is 3.09. The predicted molar refractivity (Wildman–Crippen MR) is 51.3 cm³/mol. The van der Waals surface area contributed by atoms with Crippen molar-refractivity contribution in [2.45, 2.75) is 0 Å². The Morgan fingerprint density at radius 1 is 1.55 bits per heavy atom. The Kier molecular flexibility index (Phi) is 2.73. The van der Waals surface area contributed by atoms with Crippen molar-refractivity contribution in [1.82, 2.24) is 4.98 Å². The summed E-state index contributed by atoms with van der Waals surface area (Å²) < 4.78 is 0.797. The molecule has 0 aliphatic rings. The second kappa shape index (κ2) is 3.41. The van der Waals surface area contributed by atoms with Crippen molar-refractivity contribution >= 4 is 33.2 Å². The van der Waals surface area contributed by atoms with Crippen LogP contribution in [0.5, 0.6) is 0 Å². The number of nitrogens with zero attached hydrogens (tertiary/aromatic N) is 2. The van der Waals surface area contributed by atoms with Crippen molar-refractivity contribution in [3.8, 4) is 0 Å². The van der Waals surface area contributed by atoms with Crippen LogP contribution in [0.3, 0.4) is 0 Å². The summed E-state index contributed by atoms with van der Waals surface area (Å²) in [5.74, 6) is 0. The molecule has 0 unspecified atom stereocenters. The van der Waals surface area contributed by atoms with Crippen LogP contribution in [0.2, 0.25) is 5.02 Å². The van der Waals surface area contributed by atoms with Gasteiger partial charge >= 0.3 is 0 Å². The average Bonchev–Trinajstić information content (AvgIpc) is 1.94. The first-order valence-corrected chi connectivity index (χ1v) is 4.26. The molecule has 0 amide bonds. The molecular formula is C7H8BrClN2. The summed E-state index contributed by atoms with van der Waals surface area (Å²) in [6, 6.07) is 1.88. The van der Waals surface area contributed by atoms with Crippen LogP contribution < -0.4 is 4.90 Å². The number of hydrogen-bond acceptors (Lipinski definition) is 2. The largest absolute Gasteiger partial charge is 0.376 e. The van der Waals surface area contributed by atoms with E-state index in [0.717, 1.165) is 10.3 Å². The molecule has 0 aromatic carbocycles. The van der Waals surface area contributed by atoms with Crippen LogP contribution in [0.1, 0.15) is 0 Å². The maximum absolute atomic E-state index is 5.87. The van der Waals surface area contributed by atoms with Gasteiger partial charge in [0.2, 0.25) is 0 Å². The summed E-state index contributed by atoms with van der Waals surface area (Å²) >= 11 is 9.13. The predicted octanol–water partition coefficient (Wildman–Crippen LogP) is 2.56. The maximum atomic E-state index is 5.87. The summed E-state index contributed by atoms with van der Waals surface area (Å²) in [6.07, 6.45) is 1.63. The zero-order chi connectivity index (χ0) is 8.43. The van der Waals surface area contributed by atoms with E-state index in [4.69, 9.17) is 11.6 Å².